The van der Waals surface area contributed by atoms with Crippen molar-refractivity contribution in [2.75, 3.05) is 0 Å². The number of hydrogen-bond acceptors (Lipinski definition) is 1. The summed E-state index contributed by atoms with van der Waals surface area (Å²) in [6.45, 7) is 3.42. The van der Waals surface area contributed by atoms with Crippen molar-refractivity contribution in [3.05, 3.63) is 58.4 Å². The lowest BCUT2D eigenvalue weighted by Crippen LogP contribution is -2.09. The van der Waals surface area contributed by atoms with Gasteiger partial charge < -0.3 is 4.74 Å². The number of fused-ring (bicyclic) bond motifs is 3. The van der Waals surface area contributed by atoms with Gasteiger partial charge in [0.2, 0.25) is 0 Å². The summed E-state index contributed by atoms with van der Waals surface area (Å²) < 4.78 is 33.2. The highest BCUT2D eigenvalue weighted by Crippen LogP contribution is 2.44. The van der Waals surface area contributed by atoms with Crippen LogP contribution in [0.2, 0.25) is 0 Å². The molecule has 2 aliphatic rings. The molecule has 0 unspecified atom stereocenters. The van der Waals surface area contributed by atoms with Gasteiger partial charge in [-0.2, -0.15) is 0 Å². The van der Waals surface area contributed by atoms with E-state index in [2.05, 4.69) is 0 Å². The third-order valence-electron chi connectivity index (χ3n) is 3.39. The van der Waals surface area contributed by atoms with Gasteiger partial charge in [-0.25, -0.2) is 8.78 Å². The smallest absolute Gasteiger partial charge is 0.170 e. The van der Waals surface area contributed by atoms with Gasteiger partial charge in [0.1, 0.15) is 12.1 Å². The molecule has 3 rings (SSSR count). The summed E-state index contributed by atoms with van der Waals surface area (Å²) in [5.41, 5.74) is 2.95. The van der Waals surface area contributed by atoms with Crippen LogP contribution in [0.4, 0.5) is 8.78 Å². The van der Waals surface area contributed by atoms with Crippen LogP contribution >= 0.6 is 0 Å². The Morgan fingerprint density at radius 2 is 1.89 bits per heavy atom. The third kappa shape index (κ3) is 1.43. The topological polar surface area (TPSA) is 9.23 Å². The summed E-state index contributed by atoms with van der Waals surface area (Å²) >= 11 is 0. The predicted octanol–water partition coefficient (Wildman–Crippen LogP) is 4.44. The van der Waals surface area contributed by atoms with E-state index < -0.39 is 0 Å². The van der Waals surface area contributed by atoms with E-state index in [0.717, 1.165) is 5.57 Å². The van der Waals surface area contributed by atoms with Crippen LogP contribution in [-0.4, -0.2) is 0 Å². The van der Waals surface area contributed by atoms with Crippen LogP contribution in [0.5, 0.6) is 5.75 Å². The van der Waals surface area contributed by atoms with Gasteiger partial charge in [-0.1, -0.05) is 18.2 Å². The number of aryl methyl sites for hydroxylation is 1. The van der Waals surface area contributed by atoms with Crippen molar-refractivity contribution in [3.8, 4) is 5.75 Å². The summed E-state index contributed by atoms with van der Waals surface area (Å²) in [6.07, 6.45) is 3.77. The minimum atomic E-state index is -0.379. The van der Waals surface area contributed by atoms with Crippen LogP contribution in [0.15, 0.2) is 41.4 Å². The van der Waals surface area contributed by atoms with Crippen molar-refractivity contribution in [2.45, 2.75) is 20.3 Å². The van der Waals surface area contributed by atoms with E-state index in [1.807, 2.05) is 6.08 Å². The highest BCUT2D eigenvalue weighted by Gasteiger charge is 2.27. The Morgan fingerprint density at radius 1 is 1.11 bits per heavy atom. The molecule has 3 heteroatoms. The third-order valence-corrected chi connectivity index (χ3v) is 3.39. The molecule has 1 aliphatic carbocycles. The Morgan fingerprint density at radius 3 is 2.67 bits per heavy atom. The summed E-state index contributed by atoms with van der Waals surface area (Å²) in [5.74, 6) is -0.452. The van der Waals surface area contributed by atoms with Gasteiger partial charge >= 0.3 is 0 Å². The van der Waals surface area contributed by atoms with Gasteiger partial charge in [0.25, 0.3) is 0 Å². The largest absolute Gasteiger partial charge is 0.460 e. The van der Waals surface area contributed by atoms with E-state index in [9.17, 15) is 8.78 Å². The SMILES string of the molecule is CC1=C(F)C2=COc3c(ccc(C)c3F)C2=CC1. The lowest BCUT2D eigenvalue weighted by Gasteiger charge is -2.24. The zero-order valence-corrected chi connectivity index (χ0v) is 10.2. The highest BCUT2D eigenvalue weighted by molar-refractivity contribution is 5.88. The van der Waals surface area contributed by atoms with Crippen LogP contribution in [0.25, 0.3) is 5.57 Å². The molecule has 1 nitrogen and oxygen atoms in total. The van der Waals surface area contributed by atoms with Crippen molar-refractivity contribution in [2.24, 2.45) is 0 Å². The Hall–Kier alpha value is -1.90. The van der Waals surface area contributed by atoms with Gasteiger partial charge in [0.15, 0.2) is 11.6 Å². The average Bonchev–Trinajstić information content (AvgIpc) is 2.38. The molecule has 1 aromatic rings. The Kier molecular flexibility index (Phi) is 2.37. The van der Waals surface area contributed by atoms with Gasteiger partial charge in [-0.15, -0.1) is 0 Å². The van der Waals surface area contributed by atoms with Crippen LogP contribution in [-0.2, 0) is 0 Å². The van der Waals surface area contributed by atoms with Crippen molar-refractivity contribution in [1.82, 2.24) is 0 Å². The maximum Gasteiger partial charge on any atom is 0.170 e. The summed E-state index contributed by atoms with van der Waals surface area (Å²) in [7, 11) is 0. The summed E-state index contributed by atoms with van der Waals surface area (Å²) in [5, 5.41) is 0. The molecule has 1 aliphatic heterocycles. The van der Waals surface area contributed by atoms with E-state index in [1.54, 1.807) is 26.0 Å². The number of allylic oxidation sites excluding steroid dienone is 5. The van der Waals surface area contributed by atoms with Crippen LogP contribution in [0.3, 0.4) is 0 Å². The lowest BCUT2D eigenvalue weighted by atomic mass is 9.88. The first-order chi connectivity index (χ1) is 8.59. The number of hydrogen-bond donors (Lipinski definition) is 0. The molecule has 1 aromatic carbocycles. The second-order valence-electron chi connectivity index (χ2n) is 4.64. The fourth-order valence-corrected chi connectivity index (χ4v) is 2.27. The highest BCUT2D eigenvalue weighted by atomic mass is 19.1. The molecule has 0 fully saturated rings. The first-order valence-electron chi connectivity index (χ1n) is 5.82. The van der Waals surface area contributed by atoms with Crippen molar-refractivity contribution < 1.29 is 13.5 Å². The molecule has 0 spiro atoms. The fraction of sp³-hybridized carbons (Fsp3) is 0.200. The Balaban J connectivity index is 2.20. The number of rotatable bonds is 0. The molecule has 0 aromatic heterocycles. The average molecular weight is 246 g/mol. The molecular formula is C15H12F2O. The van der Waals surface area contributed by atoms with Gasteiger partial charge in [-0.05, 0) is 37.0 Å². The standard InChI is InChI=1S/C15H12F2O/c1-8-3-5-10-11-6-4-9(2)14(17)15(11)18-7-12(10)13(8)16/h4-7H,3H2,1-2H3. The Bertz CT molecular complexity index is 636. The number of benzene rings is 1. The van der Waals surface area contributed by atoms with E-state index in [1.165, 1.54) is 6.26 Å². The molecule has 0 saturated carbocycles. The van der Waals surface area contributed by atoms with Crippen LogP contribution < -0.4 is 4.74 Å². The molecule has 92 valence electrons. The Labute approximate surface area is 104 Å². The molecule has 0 N–H and O–H groups in total. The molecule has 0 saturated heterocycles. The van der Waals surface area contributed by atoms with Crippen LogP contribution in [0, 0.1) is 12.7 Å². The zero-order valence-electron chi connectivity index (χ0n) is 10.2. The molecule has 0 radical (unpaired) electrons. The van der Waals surface area contributed by atoms with E-state index >= 15 is 0 Å². The predicted molar refractivity (Wildman–Crippen MR) is 66.3 cm³/mol. The fourth-order valence-electron chi connectivity index (χ4n) is 2.27. The minimum Gasteiger partial charge on any atom is -0.460 e. The summed E-state index contributed by atoms with van der Waals surface area (Å²) in [4.78, 5) is 0. The van der Waals surface area contributed by atoms with Crippen molar-refractivity contribution in [1.29, 1.82) is 0 Å². The van der Waals surface area contributed by atoms with Crippen LogP contribution in [0.1, 0.15) is 24.5 Å². The van der Waals surface area contributed by atoms with Gasteiger partial charge in [-0.3, -0.25) is 0 Å². The molecular weight excluding hydrogens is 234 g/mol. The molecule has 0 atom stereocenters. The van der Waals surface area contributed by atoms with Crippen molar-refractivity contribution >= 4 is 5.57 Å². The number of ether oxygens (including phenoxy) is 1. The number of halogens is 2. The first-order valence-corrected chi connectivity index (χ1v) is 5.82. The first kappa shape index (κ1) is 11.2. The molecule has 0 amide bonds. The van der Waals surface area contributed by atoms with E-state index in [-0.39, 0.29) is 17.4 Å². The maximum absolute atomic E-state index is 14.0. The monoisotopic (exact) mass is 246 g/mol. The van der Waals surface area contributed by atoms with Crippen molar-refractivity contribution in [3.63, 3.8) is 0 Å². The minimum absolute atomic E-state index is 0.192. The lowest BCUT2D eigenvalue weighted by molar-refractivity contribution is 0.427. The second kappa shape index (κ2) is 3.80. The molecule has 1 heterocycles. The second-order valence-corrected chi connectivity index (χ2v) is 4.64. The quantitative estimate of drug-likeness (QED) is 0.657. The zero-order chi connectivity index (χ0) is 12.9. The van der Waals surface area contributed by atoms with E-state index in [4.69, 9.17) is 4.74 Å². The molecule has 0 bridgehead atoms. The van der Waals surface area contributed by atoms with Gasteiger partial charge in [0, 0.05) is 5.56 Å². The summed E-state index contributed by atoms with van der Waals surface area (Å²) in [6, 6.07) is 3.46. The maximum atomic E-state index is 14.0. The molecule has 18 heavy (non-hydrogen) atoms. The van der Waals surface area contributed by atoms with E-state index in [0.29, 0.717) is 28.7 Å². The van der Waals surface area contributed by atoms with Gasteiger partial charge in [0.05, 0.1) is 5.57 Å². The normalized spacial score (nSPS) is 17.6.